The minimum Gasteiger partial charge on any atom is -0.380 e. The summed E-state index contributed by atoms with van der Waals surface area (Å²) in [6, 6.07) is 3.15. The van der Waals surface area contributed by atoms with Crippen LogP contribution in [0.2, 0.25) is 0 Å². The highest BCUT2D eigenvalue weighted by Gasteiger charge is 2.06. The third-order valence-corrected chi connectivity index (χ3v) is 1.89. The van der Waals surface area contributed by atoms with E-state index in [1.165, 1.54) is 6.07 Å². The smallest absolute Gasteiger partial charge is 0.149 e. The van der Waals surface area contributed by atoms with E-state index in [0.717, 1.165) is 12.1 Å². The second-order valence-electron chi connectivity index (χ2n) is 3.01. The van der Waals surface area contributed by atoms with E-state index in [-0.39, 0.29) is 12.2 Å². The summed E-state index contributed by atoms with van der Waals surface area (Å²) in [5.41, 5.74) is 0.127. The molecule has 78 valence electrons. The van der Waals surface area contributed by atoms with Crippen molar-refractivity contribution >= 4 is 5.69 Å². The highest BCUT2D eigenvalue weighted by atomic mass is 19.1. The maximum atomic E-state index is 13.0. The van der Waals surface area contributed by atoms with Crippen molar-refractivity contribution in [3.05, 3.63) is 29.8 Å². The summed E-state index contributed by atoms with van der Waals surface area (Å²) in [5, 5.41) is 2.57. The minimum atomic E-state index is -1.01. The van der Waals surface area contributed by atoms with Gasteiger partial charge in [0.2, 0.25) is 0 Å². The van der Waals surface area contributed by atoms with E-state index in [0.29, 0.717) is 6.42 Å². The largest absolute Gasteiger partial charge is 0.380 e. The van der Waals surface area contributed by atoms with E-state index in [4.69, 9.17) is 0 Å². The normalized spacial score (nSPS) is 12.6. The highest BCUT2D eigenvalue weighted by molar-refractivity contribution is 5.44. The molecule has 1 N–H and O–H groups in total. The lowest BCUT2D eigenvalue weighted by molar-refractivity contribution is 0.340. The number of hydrogen-bond donors (Lipinski definition) is 1. The van der Waals surface area contributed by atoms with Gasteiger partial charge in [-0.05, 0) is 18.6 Å². The molecule has 0 saturated carbocycles. The number of alkyl halides is 1. The maximum absolute atomic E-state index is 13.0. The quantitative estimate of drug-likeness (QED) is 0.792. The average Bonchev–Trinajstić information content (AvgIpc) is 2.16. The van der Waals surface area contributed by atoms with Crippen molar-refractivity contribution in [1.82, 2.24) is 0 Å². The predicted molar refractivity (Wildman–Crippen MR) is 50.0 cm³/mol. The molecule has 1 nitrogen and oxygen atoms in total. The van der Waals surface area contributed by atoms with E-state index in [1.54, 1.807) is 6.92 Å². The molecule has 0 heterocycles. The summed E-state index contributed by atoms with van der Waals surface area (Å²) in [7, 11) is 0. The van der Waals surface area contributed by atoms with Gasteiger partial charge in [0.1, 0.15) is 17.8 Å². The Morgan fingerprint density at radius 3 is 2.64 bits per heavy atom. The molecule has 1 atom stereocenters. The van der Waals surface area contributed by atoms with E-state index < -0.39 is 17.8 Å². The lowest BCUT2D eigenvalue weighted by Gasteiger charge is -2.09. The van der Waals surface area contributed by atoms with Gasteiger partial charge in [-0.1, -0.05) is 6.92 Å². The van der Waals surface area contributed by atoms with Gasteiger partial charge in [0.25, 0.3) is 0 Å². The Morgan fingerprint density at radius 1 is 1.36 bits per heavy atom. The first-order chi connectivity index (χ1) is 6.63. The molecule has 0 bridgehead atoms. The molecule has 0 radical (unpaired) electrons. The van der Waals surface area contributed by atoms with Gasteiger partial charge in [0, 0.05) is 12.6 Å². The van der Waals surface area contributed by atoms with E-state index in [2.05, 4.69) is 5.32 Å². The molecular weight excluding hydrogens is 191 g/mol. The zero-order valence-electron chi connectivity index (χ0n) is 7.86. The Labute approximate surface area is 80.9 Å². The number of nitrogens with one attached hydrogen (secondary N) is 1. The number of halogens is 3. The molecule has 0 aliphatic heterocycles. The molecule has 0 spiro atoms. The first-order valence-electron chi connectivity index (χ1n) is 4.46. The molecule has 1 aromatic rings. The number of anilines is 1. The number of rotatable bonds is 4. The van der Waals surface area contributed by atoms with Gasteiger partial charge in [-0.15, -0.1) is 0 Å². The van der Waals surface area contributed by atoms with Crippen LogP contribution in [0.5, 0.6) is 0 Å². The third kappa shape index (κ3) is 2.94. The Balaban J connectivity index is 2.59. The predicted octanol–water partition coefficient (Wildman–Crippen LogP) is 3.12. The zero-order chi connectivity index (χ0) is 10.6. The third-order valence-electron chi connectivity index (χ3n) is 1.89. The molecule has 0 aliphatic rings. The van der Waals surface area contributed by atoms with Gasteiger partial charge < -0.3 is 5.32 Å². The van der Waals surface area contributed by atoms with Gasteiger partial charge in [-0.25, -0.2) is 13.2 Å². The summed E-state index contributed by atoms with van der Waals surface area (Å²) in [6.07, 6.45) is -0.644. The van der Waals surface area contributed by atoms with Crippen LogP contribution in [0.3, 0.4) is 0 Å². The molecule has 1 rings (SSSR count). The van der Waals surface area contributed by atoms with Crippen molar-refractivity contribution in [1.29, 1.82) is 0 Å². The van der Waals surface area contributed by atoms with Crippen molar-refractivity contribution in [2.75, 3.05) is 11.9 Å². The Hall–Kier alpha value is -1.19. The van der Waals surface area contributed by atoms with E-state index >= 15 is 0 Å². The lowest BCUT2D eigenvalue weighted by Crippen LogP contribution is -2.14. The monoisotopic (exact) mass is 203 g/mol. The second kappa shape index (κ2) is 4.88. The van der Waals surface area contributed by atoms with Crippen LogP contribution in [0, 0.1) is 11.6 Å². The summed E-state index contributed by atoms with van der Waals surface area (Å²) in [4.78, 5) is 0. The fourth-order valence-electron chi connectivity index (χ4n) is 0.998. The standard InChI is InChI=1S/C10H12F3N/c1-2-7(11)6-14-10-4-3-8(12)5-9(10)13/h3-5,7,14H,2,6H2,1H3. The van der Waals surface area contributed by atoms with Gasteiger partial charge in [0.05, 0.1) is 5.69 Å². The zero-order valence-corrected chi connectivity index (χ0v) is 7.86. The van der Waals surface area contributed by atoms with Crippen molar-refractivity contribution in [2.24, 2.45) is 0 Å². The Bertz CT molecular complexity index is 301. The van der Waals surface area contributed by atoms with Crippen LogP contribution in [0.15, 0.2) is 18.2 Å². The van der Waals surface area contributed by atoms with E-state index in [1.807, 2.05) is 0 Å². The Kier molecular flexibility index (Phi) is 3.80. The molecule has 1 unspecified atom stereocenters. The first kappa shape index (κ1) is 10.9. The molecule has 0 amide bonds. The van der Waals surface area contributed by atoms with Crippen LogP contribution in [0.4, 0.5) is 18.9 Å². The van der Waals surface area contributed by atoms with Crippen LogP contribution in [-0.4, -0.2) is 12.7 Å². The minimum absolute atomic E-state index is 0.0407. The Morgan fingerprint density at radius 2 is 2.07 bits per heavy atom. The summed E-state index contributed by atoms with van der Waals surface area (Å²) in [6.45, 7) is 1.74. The SMILES string of the molecule is CCC(F)CNc1ccc(F)cc1F. The van der Waals surface area contributed by atoms with Crippen LogP contribution in [0.25, 0.3) is 0 Å². The van der Waals surface area contributed by atoms with Crippen molar-refractivity contribution in [3.63, 3.8) is 0 Å². The van der Waals surface area contributed by atoms with Gasteiger partial charge in [-0.3, -0.25) is 0 Å². The fraction of sp³-hybridized carbons (Fsp3) is 0.400. The van der Waals surface area contributed by atoms with Crippen LogP contribution in [0.1, 0.15) is 13.3 Å². The van der Waals surface area contributed by atoms with Crippen LogP contribution < -0.4 is 5.32 Å². The topological polar surface area (TPSA) is 12.0 Å². The summed E-state index contributed by atoms with van der Waals surface area (Å²) >= 11 is 0. The van der Waals surface area contributed by atoms with Crippen LogP contribution >= 0.6 is 0 Å². The van der Waals surface area contributed by atoms with Gasteiger partial charge >= 0.3 is 0 Å². The van der Waals surface area contributed by atoms with Gasteiger partial charge in [0.15, 0.2) is 0 Å². The molecule has 0 fully saturated rings. The van der Waals surface area contributed by atoms with Crippen molar-refractivity contribution in [2.45, 2.75) is 19.5 Å². The molecule has 4 heteroatoms. The fourth-order valence-corrected chi connectivity index (χ4v) is 0.998. The van der Waals surface area contributed by atoms with Crippen molar-refractivity contribution < 1.29 is 13.2 Å². The molecule has 0 aromatic heterocycles. The first-order valence-corrected chi connectivity index (χ1v) is 4.46. The summed E-state index contributed by atoms with van der Waals surface area (Å²) < 4.78 is 38.2. The molecular formula is C10H12F3N. The average molecular weight is 203 g/mol. The van der Waals surface area contributed by atoms with Gasteiger partial charge in [-0.2, -0.15) is 0 Å². The lowest BCUT2D eigenvalue weighted by atomic mass is 10.2. The second-order valence-corrected chi connectivity index (χ2v) is 3.01. The summed E-state index contributed by atoms with van der Waals surface area (Å²) in [5.74, 6) is -1.34. The maximum Gasteiger partial charge on any atom is 0.149 e. The molecule has 14 heavy (non-hydrogen) atoms. The highest BCUT2D eigenvalue weighted by Crippen LogP contribution is 2.15. The van der Waals surface area contributed by atoms with Crippen molar-refractivity contribution in [3.8, 4) is 0 Å². The van der Waals surface area contributed by atoms with Crippen LogP contribution in [-0.2, 0) is 0 Å². The molecule has 0 aliphatic carbocycles. The molecule has 1 aromatic carbocycles. The number of benzene rings is 1. The number of hydrogen-bond acceptors (Lipinski definition) is 1. The van der Waals surface area contributed by atoms with E-state index in [9.17, 15) is 13.2 Å². The molecule has 0 saturated heterocycles.